The summed E-state index contributed by atoms with van der Waals surface area (Å²) in [5.41, 5.74) is -3.75. The Balaban J connectivity index is 2.34. The van der Waals surface area contributed by atoms with E-state index in [2.05, 4.69) is 27.7 Å². The molecular weight excluding hydrogens is 480 g/mol. The zero-order chi connectivity index (χ0) is 29.5. The lowest BCUT2D eigenvalue weighted by atomic mass is 9.75. The second-order valence-electron chi connectivity index (χ2n) is 14.5. The highest BCUT2D eigenvalue weighted by molar-refractivity contribution is 5.88. The third kappa shape index (κ3) is 5.39. The SMILES string of the molecule is CCC1(CCCCC2(CC)C(=O)N(C(C)(C)C)CC(C)(C)N2O)CN(C(C)(C)C)C(=O)C(CC)(CC)N1O. The van der Waals surface area contributed by atoms with E-state index < -0.39 is 22.2 Å². The van der Waals surface area contributed by atoms with Crippen LogP contribution in [0.25, 0.3) is 0 Å². The number of amides is 2. The molecule has 0 spiro atoms. The Morgan fingerprint density at radius 1 is 0.658 bits per heavy atom. The summed E-state index contributed by atoms with van der Waals surface area (Å²) in [5.74, 6) is -0.0128. The number of unbranched alkanes of at least 4 members (excludes halogenated alkanes) is 1. The van der Waals surface area contributed by atoms with E-state index in [0.717, 1.165) is 12.8 Å². The zero-order valence-electron chi connectivity index (χ0n) is 26.6. The third-order valence-electron chi connectivity index (χ3n) is 9.63. The van der Waals surface area contributed by atoms with Gasteiger partial charge in [0.1, 0.15) is 11.1 Å². The van der Waals surface area contributed by atoms with Crippen molar-refractivity contribution in [2.45, 2.75) is 168 Å². The van der Waals surface area contributed by atoms with Crippen LogP contribution in [0.4, 0.5) is 0 Å². The molecule has 2 aliphatic heterocycles. The number of nitrogens with zero attached hydrogens (tertiary/aromatic N) is 4. The van der Waals surface area contributed by atoms with Gasteiger partial charge < -0.3 is 20.2 Å². The number of carbonyl (C=O) groups excluding carboxylic acids is 2. The molecule has 0 radical (unpaired) electrons. The van der Waals surface area contributed by atoms with Crippen LogP contribution >= 0.6 is 0 Å². The maximum absolute atomic E-state index is 13.9. The molecule has 0 saturated carbocycles. The fourth-order valence-electron chi connectivity index (χ4n) is 6.80. The van der Waals surface area contributed by atoms with Crippen LogP contribution < -0.4 is 0 Å². The van der Waals surface area contributed by atoms with Crippen LogP contribution in [0.15, 0.2) is 0 Å². The Morgan fingerprint density at radius 3 is 1.50 bits per heavy atom. The molecule has 0 aromatic carbocycles. The summed E-state index contributed by atoms with van der Waals surface area (Å²) in [4.78, 5) is 31.4. The Morgan fingerprint density at radius 2 is 1.08 bits per heavy atom. The largest absolute Gasteiger partial charge is 0.334 e. The molecule has 2 saturated heterocycles. The van der Waals surface area contributed by atoms with Crippen LogP contribution in [0.2, 0.25) is 0 Å². The van der Waals surface area contributed by atoms with E-state index in [-0.39, 0.29) is 22.9 Å². The van der Waals surface area contributed by atoms with E-state index in [1.54, 1.807) is 0 Å². The van der Waals surface area contributed by atoms with Crippen molar-refractivity contribution >= 4 is 11.8 Å². The van der Waals surface area contributed by atoms with Crippen molar-refractivity contribution in [1.82, 2.24) is 19.9 Å². The molecule has 2 rings (SSSR count). The smallest absolute Gasteiger partial charge is 0.245 e. The van der Waals surface area contributed by atoms with Gasteiger partial charge in [0.2, 0.25) is 11.8 Å². The second-order valence-corrected chi connectivity index (χ2v) is 14.5. The molecule has 2 aliphatic rings. The molecule has 2 N–H and O–H groups in total. The van der Waals surface area contributed by atoms with Crippen LogP contribution in [0, 0.1) is 0 Å². The molecule has 38 heavy (non-hydrogen) atoms. The van der Waals surface area contributed by atoms with Crippen molar-refractivity contribution in [3.05, 3.63) is 0 Å². The Bertz CT molecular complexity index is 857. The zero-order valence-corrected chi connectivity index (χ0v) is 26.6. The highest BCUT2D eigenvalue weighted by Gasteiger charge is 2.59. The van der Waals surface area contributed by atoms with E-state index in [9.17, 15) is 20.0 Å². The summed E-state index contributed by atoms with van der Waals surface area (Å²) in [5, 5.41) is 25.8. The summed E-state index contributed by atoms with van der Waals surface area (Å²) >= 11 is 0. The van der Waals surface area contributed by atoms with Crippen molar-refractivity contribution in [2.24, 2.45) is 0 Å². The fraction of sp³-hybridized carbons (Fsp3) is 0.933. The highest BCUT2D eigenvalue weighted by Crippen LogP contribution is 2.44. The van der Waals surface area contributed by atoms with Crippen LogP contribution in [-0.4, -0.2) is 88.5 Å². The quantitative estimate of drug-likeness (QED) is 0.358. The molecule has 222 valence electrons. The van der Waals surface area contributed by atoms with Gasteiger partial charge in [0.05, 0.1) is 11.1 Å². The Labute approximate surface area is 232 Å². The van der Waals surface area contributed by atoms with E-state index in [1.807, 2.05) is 65.2 Å². The van der Waals surface area contributed by atoms with Crippen molar-refractivity contribution in [2.75, 3.05) is 13.1 Å². The van der Waals surface area contributed by atoms with Crippen molar-refractivity contribution in [1.29, 1.82) is 0 Å². The fourth-order valence-corrected chi connectivity index (χ4v) is 6.80. The first-order chi connectivity index (χ1) is 17.3. The summed E-state index contributed by atoms with van der Waals surface area (Å²) in [7, 11) is 0. The van der Waals surface area contributed by atoms with Crippen LogP contribution in [0.3, 0.4) is 0 Å². The standard InChI is InChI=1S/C30H58N4O4/c1-13-28(22-32(26(8,9)10)23(35)29(14-2,15-3)34(28)38)19-17-18-20-30(16-4)24(36)31(25(5,6)7)21-27(11,12)33(30)37/h37-38H,13-22H2,1-12H3. The first-order valence-electron chi connectivity index (χ1n) is 14.9. The van der Waals surface area contributed by atoms with Crippen LogP contribution in [0.1, 0.15) is 134 Å². The number of hydrogen-bond acceptors (Lipinski definition) is 6. The summed E-state index contributed by atoms with van der Waals surface area (Å²) in [6.07, 6.45) is 5.05. The molecule has 0 bridgehead atoms. The number of hydrogen-bond donors (Lipinski definition) is 2. The minimum atomic E-state index is -0.982. The molecule has 2 unspecified atom stereocenters. The van der Waals surface area contributed by atoms with Gasteiger partial charge in [-0.1, -0.05) is 40.5 Å². The van der Waals surface area contributed by atoms with Gasteiger partial charge in [-0.2, -0.15) is 10.1 Å². The summed E-state index contributed by atoms with van der Waals surface area (Å²) < 4.78 is 0. The molecule has 0 aromatic rings. The van der Waals surface area contributed by atoms with E-state index in [1.165, 1.54) is 10.1 Å². The lowest BCUT2D eigenvalue weighted by Gasteiger charge is -2.59. The van der Waals surface area contributed by atoms with Gasteiger partial charge in [0.25, 0.3) is 0 Å². The summed E-state index contributed by atoms with van der Waals surface area (Å²) in [6.45, 7) is 25.3. The number of carbonyl (C=O) groups is 2. The lowest BCUT2D eigenvalue weighted by Crippen LogP contribution is -2.75. The van der Waals surface area contributed by atoms with Gasteiger partial charge in [-0.3, -0.25) is 9.59 Å². The average Bonchev–Trinajstić information content (AvgIpc) is 2.82. The Kier molecular flexibility index (Phi) is 9.53. The monoisotopic (exact) mass is 538 g/mol. The van der Waals surface area contributed by atoms with E-state index >= 15 is 0 Å². The van der Waals surface area contributed by atoms with Gasteiger partial charge in [-0.15, -0.1) is 0 Å². The second kappa shape index (κ2) is 11.0. The average molecular weight is 539 g/mol. The number of hydroxylamine groups is 4. The predicted octanol–water partition coefficient (Wildman–Crippen LogP) is 5.85. The molecule has 8 nitrogen and oxygen atoms in total. The normalized spacial score (nSPS) is 29.3. The topological polar surface area (TPSA) is 87.6 Å². The van der Waals surface area contributed by atoms with Gasteiger partial charge in [0.15, 0.2) is 0 Å². The van der Waals surface area contributed by atoms with Crippen molar-refractivity contribution in [3.8, 4) is 0 Å². The van der Waals surface area contributed by atoms with Gasteiger partial charge in [-0.25, -0.2) is 0 Å². The van der Waals surface area contributed by atoms with Gasteiger partial charge >= 0.3 is 0 Å². The van der Waals surface area contributed by atoms with Crippen LogP contribution in [0.5, 0.6) is 0 Å². The molecule has 2 amide bonds. The molecule has 2 fully saturated rings. The third-order valence-corrected chi connectivity index (χ3v) is 9.63. The van der Waals surface area contributed by atoms with Crippen molar-refractivity contribution < 1.29 is 20.0 Å². The molecule has 2 atom stereocenters. The number of rotatable bonds is 9. The molecule has 0 aromatic heterocycles. The summed E-state index contributed by atoms with van der Waals surface area (Å²) in [6, 6.07) is 0. The maximum atomic E-state index is 13.9. The maximum Gasteiger partial charge on any atom is 0.245 e. The molecule has 2 heterocycles. The van der Waals surface area contributed by atoms with Crippen LogP contribution in [-0.2, 0) is 9.59 Å². The van der Waals surface area contributed by atoms with E-state index in [4.69, 9.17) is 0 Å². The molecule has 0 aliphatic carbocycles. The number of piperazine rings is 2. The first-order valence-corrected chi connectivity index (χ1v) is 14.9. The predicted molar refractivity (Wildman–Crippen MR) is 152 cm³/mol. The van der Waals surface area contributed by atoms with E-state index in [0.29, 0.717) is 51.6 Å². The molecule has 8 heteroatoms. The Hall–Kier alpha value is -1.22. The minimum absolute atomic E-state index is 0.000242. The first kappa shape index (κ1) is 33.0. The molecular formula is C30H58N4O4. The van der Waals surface area contributed by atoms with Crippen molar-refractivity contribution in [3.63, 3.8) is 0 Å². The lowest BCUT2D eigenvalue weighted by molar-refractivity contribution is -0.273. The highest BCUT2D eigenvalue weighted by atomic mass is 16.5. The van der Waals surface area contributed by atoms with Gasteiger partial charge in [-0.05, 0) is 93.9 Å². The minimum Gasteiger partial charge on any atom is -0.334 e. The van der Waals surface area contributed by atoms with Gasteiger partial charge in [0, 0.05) is 24.2 Å².